The summed E-state index contributed by atoms with van der Waals surface area (Å²) in [6.07, 6.45) is 3.28. The Bertz CT molecular complexity index is 45.9. The second kappa shape index (κ2) is 2.76. The van der Waals surface area contributed by atoms with E-state index in [0.717, 1.165) is 0 Å². The van der Waals surface area contributed by atoms with Gasteiger partial charge in [0.1, 0.15) is 0 Å². The lowest BCUT2D eigenvalue weighted by molar-refractivity contribution is 0.564. The molecule has 0 spiro atoms. The van der Waals surface area contributed by atoms with Gasteiger partial charge in [-0.3, -0.25) is 0 Å². The first-order valence-corrected chi connectivity index (χ1v) is 1.82. The van der Waals surface area contributed by atoms with Gasteiger partial charge in [-0.15, -0.1) is 0 Å². The van der Waals surface area contributed by atoms with E-state index in [1.165, 1.54) is 6.08 Å². The van der Waals surface area contributed by atoms with Crippen molar-refractivity contribution in [2.45, 2.75) is 0 Å². The highest BCUT2D eigenvalue weighted by Gasteiger charge is 1.66. The Morgan fingerprint density at radius 2 is 2.00 bits per heavy atom. The number of rotatable bonds is 1. The van der Waals surface area contributed by atoms with Gasteiger partial charge in [0.05, 0.1) is 0 Å². The maximum atomic E-state index is 5.01. The van der Waals surface area contributed by atoms with Gasteiger partial charge >= 0.3 is 0 Å². The van der Waals surface area contributed by atoms with Crippen LogP contribution in [0.2, 0.25) is 0 Å². The van der Waals surface area contributed by atoms with E-state index in [9.17, 15) is 0 Å². The number of hydrogen-bond donors (Lipinski definition) is 0. The zero-order chi connectivity index (χ0) is 4.99. The molecule has 0 amide bonds. The first-order valence-electron chi connectivity index (χ1n) is 1.82. The molecular weight excluding hydrogens is 74.1 g/mol. The Kier molecular flexibility index (Phi) is 2.55. The molecule has 0 aromatic heterocycles. The number of allylic oxidation sites excluding steroid dienone is 1. The monoisotopic (exact) mass is 83.1 g/mol. The summed E-state index contributed by atoms with van der Waals surface area (Å²) in [5.41, 5.74) is 0. The van der Waals surface area contributed by atoms with Crippen LogP contribution in [0.3, 0.4) is 0 Å². The zero-order valence-electron chi connectivity index (χ0n) is 4.18. The largest absolute Gasteiger partial charge is 0.384 e. The summed E-state index contributed by atoms with van der Waals surface area (Å²) < 4.78 is 0. The van der Waals surface area contributed by atoms with E-state index in [-0.39, 0.29) is 0 Å². The summed E-state index contributed by atoms with van der Waals surface area (Å²) in [5.74, 6) is 0. The van der Waals surface area contributed by atoms with E-state index in [0.29, 0.717) is 0 Å². The summed E-state index contributed by atoms with van der Waals surface area (Å²) in [7, 11) is 3.84. The molecule has 0 aliphatic rings. The van der Waals surface area contributed by atoms with Gasteiger partial charge in [-0.25, -0.2) is 0 Å². The van der Waals surface area contributed by atoms with E-state index in [2.05, 4.69) is 0 Å². The van der Waals surface area contributed by atoms with E-state index < -0.39 is 0 Å². The summed E-state index contributed by atoms with van der Waals surface area (Å²) >= 11 is 0. The lowest BCUT2D eigenvalue weighted by Gasteiger charge is -1.99. The van der Waals surface area contributed by atoms with Crippen LogP contribution in [0.25, 0.3) is 0 Å². The molecule has 0 aliphatic heterocycles. The molecule has 0 aromatic rings. The highest BCUT2D eigenvalue weighted by atomic mass is 15.0. The van der Waals surface area contributed by atoms with Crippen molar-refractivity contribution in [1.82, 2.24) is 4.90 Å². The topological polar surface area (TPSA) is 3.24 Å². The molecule has 0 fully saturated rings. The normalized spacial score (nSPS) is 9.83. The molecule has 0 heterocycles. The van der Waals surface area contributed by atoms with Crippen LogP contribution in [0.5, 0.6) is 0 Å². The highest BCUT2D eigenvalue weighted by molar-refractivity contribution is 4.80. The van der Waals surface area contributed by atoms with Crippen LogP contribution in [0.4, 0.5) is 0 Å². The number of nitrogens with zero attached hydrogens (tertiary/aromatic N) is 1. The van der Waals surface area contributed by atoms with Crippen molar-refractivity contribution in [1.29, 1.82) is 0 Å². The molecule has 0 saturated heterocycles. The van der Waals surface area contributed by atoms with E-state index in [1.54, 1.807) is 6.20 Å². The lowest BCUT2D eigenvalue weighted by Crippen LogP contribution is -1.98. The van der Waals surface area contributed by atoms with Crippen LogP contribution >= 0.6 is 0 Å². The third-order valence-corrected chi connectivity index (χ3v) is 0.384. The maximum Gasteiger partial charge on any atom is 0.00555 e. The third-order valence-electron chi connectivity index (χ3n) is 0.384. The molecule has 0 bridgehead atoms. The summed E-state index contributed by atoms with van der Waals surface area (Å²) in [4.78, 5) is 1.88. The Morgan fingerprint density at radius 3 is 2.00 bits per heavy atom. The molecule has 2 radical (unpaired) electrons. The quantitative estimate of drug-likeness (QED) is 0.452. The van der Waals surface area contributed by atoms with Crippen molar-refractivity contribution in [2.24, 2.45) is 0 Å². The zero-order valence-corrected chi connectivity index (χ0v) is 4.18. The van der Waals surface area contributed by atoms with Gasteiger partial charge < -0.3 is 4.90 Å². The summed E-state index contributed by atoms with van der Waals surface area (Å²) in [6, 6.07) is 0. The Hall–Kier alpha value is -0.460. The second-order valence-electron chi connectivity index (χ2n) is 1.31. The molecule has 1 nitrogen and oxygen atoms in total. The predicted octanol–water partition coefficient (Wildman–Crippen LogP) is 0.773. The SMILES string of the molecule is [CH]C=CN(C)C. The average molecular weight is 83.1 g/mol. The smallest absolute Gasteiger partial charge is 0.00555 e. The van der Waals surface area contributed by atoms with Crippen LogP contribution in [0.1, 0.15) is 0 Å². The van der Waals surface area contributed by atoms with Crippen molar-refractivity contribution < 1.29 is 0 Å². The minimum atomic E-state index is 1.50. The van der Waals surface area contributed by atoms with Gasteiger partial charge in [-0.1, -0.05) is 6.08 Å². The van der Waals surface area contributed by atoms with Crippen molar-refractivity contribution >= 4 is 0 Å². The molecule has 0 unspecified atom stereocenters. The fraction of sp³-hybridized carbons (Fsp3) is 0.400. The standard InChI is InChI=1S/C5H9N/c1-4-5-6(2)3/h1,4-5H,2-3H3. The first-order chi connectivity index (χ1) is 2.77. The molecule has 0 aliphatic carbocycles. The Morgan fingerprint density at radius 1 is 1.50 bits per heavy atom. The van der Waals surface area contributed by atoms with Crippen LogP contribution in [-0.4, -0.2) is 19.0 Å². The maximum absolute atomic E-state index is 5.01. The van der Waals surface area contributed by atoms with Gasteiger partial charge in [0.25, 0.3) is 0 Å². The van der Waals surface area contributed by atoms with Gasteiger partial charge in [-0.05, 0) is 13.1 Å². The van der Waals surface area contributed by atoms with E-state index >= 15 is 0 Å². The van der Waals surface area contributed by atoms with Crippen molar-refractivity contribution in [3.8, 4) is 0 Å². The molecule has 0 saturated carbocycles. The summed E-state index contributed by atoms with van der Waals surface area (Å²) in [5, 5.41) is 0. The van der Waals surface area contributed by atoms with Gasteiger partial charge in [-0.2, -0.15) is 0 Å². The molecule has 0 atom stereocenters. The van der Waals surface area contributed by atoms with Crippen LogP contribution in [0, 0.1) is 6.92 Å². The summed E-state index contributed by atoms with van der Waals surface area (Å²) in [6.45, 7) is 5.01. The minimum Gasteiger partial charge on any atom is -0.384 e. The van der Waals surface area contributed by atoms with Crippen molar-refractivity contribution in [2.75, 3.05) is 14.1 Å². The van der Waals surface area contributed by atoms with Crippen LogP contribution in [0.15, 0.2) is 12.3 Å². The van der Waals surface area contributed by atoms with E-state index in [4.69, 9.17) is 6.92 Å². The van der Waals surface area contributed by atoms with Gasteiger partial charge in [0.15, 0.2) is 0 Å². The first kappa shape index (κ1) is 5.54. The van der Waals surface area contributed by atoms with Crippen LogP contribution in [-0.2, 0) is 0 Å². The van der Waals surface area contributed by atoms with Crippen molar-refractivity contribution in [3.63, 3.8) is 0 Å². The molecular formula is C5H9N. The minimum absolute atomic E-state index is 1.50. The molecule has 34 valence electrons. The molecule has 0 aromatic carbocycles. The van der Waals surface area contributed by atoms with Crippen LogP contribution < -0.4 is 0 Å². The highest BCUT2D eigenvalue weighted by Crippen LogP contribution is 1.71. The number of hydrogen-bond acceptors (Lipinski definition) is 1. The molecule has 0 N–H and O–H groups in total. The Balaban J connectivity index is 3.03. The molecule has 6 heavy (non-hydrogen) atoms. The fourth-order valence-electron chi connectivity index (χ4n) is 0.172. The predicted molar refractivity (Wildman–Crippen MR) is 27.1 cm³/mol. The molecule has 0 rings (SSSR count). The van der Waals surface area contributed by atoms with Gasteiger partial charge in [0, 0.05) is 14.1 Å². The Labute approximate surface area is 39.3 Å². The third kappa shape index (κ3) is 3.54. The second-order valence-corrected chi connectivity index (χ2v) is 1.31. The molecule has 1 heteroatoms. The van der Waals surface area contributed by atoms with Gasteiger partial charge in [0.2, 0.25) is 0 Å². The van der Waals surface area contributed by atoms with E-state index in [1.807, 2.05) is 19.0 Å². The average Bonchev–Trinajstić information content (AvgIpc) is 1.35. The lowest BCUT2D eigenvalue weighted by atomic mass is 10.7. The fourth-order valence-corrected chi connectivity index (χ4v) is 0.172. The van der Waals surface area contributed by atoms with Crippen molar-refractivity contribution in [3.05, 3.63) is 19.2 Å².